The number of methoxy groups -OCH3 is 2. The summed E-state index contributed by atoms with van der Waals surface area (Å²) in [4.78, 5) is 21.3. The van der Waals surface area contributed by atoms with Crippen molar-refractivity contribution < 1.29 is 14.3 Å². The number of hydrogen-bond acceptors (Lipinski definition) is 6. The van der Waals surface area contributed by atoms with E-state index in [0.29, 0.717) is 23.1 Å². The second-order valence-electron chi connectivity index (χ2n) is 7.98. The average molecular weight is 421 g/mol. The molecule has 0 bridgehead atoms. The second kappa shape index (κ2) is 9.20. The van der Waals surface area contributed by atoms with Crippen LogP contribution in [0.2, 0.25) is 0 Å². The molecule has 0 aliphatic heterocycles. The van der Waals surface area contributed by atoms with Crippen molar-refractivity contribution in [1.82, 2.24) is 15.3 Å². The number of ether oxygens (including phenoxy) is 2. The number of amides is 1. The highest BCUT2D eigenvalue weighted by Crippen LogP contribution is 2.34. The van der Waals surface area contributed by atoms with Crippen LogP contribution in [0.25, 0.3) is 10.9 Å². The molecule has 1 saturated carbocycles. The Morgan fingerprint density at radius 3 is 2.26 bits per heavy atom. The van der Waals surface area contributed by atoms with Crippen LogP contribution in [-0.4, -0.2) is 42.2 Å². The molecule has 0 spiro atoms. The molecule has 162 valence electrons. The molecule has 1 aromatic heterocycles. The zero-order valence-electron chi connectivity index (χ0n) is 18.1. The van der Waals surface area contributed by atoms with Crippen LogP contribution in [-0.2, 0) is 0 Å². The molecule has 31 heavy (non-hydrogen) atoms. The molecule has 1 fully saturated rings. The number of nitrogens with one attached hydrogen (secondary N) is 2. The van der Waals surface area contributed by atoms with Gasteiger partial charge >= 0.3 is 0 Å². The molecule has 1 heterocycles. The summed E-state index contributed by atoms with van der Waals surface area (Å²) in [6.07, 6.45) is 5.32. The number of nitrogens with zero attached hydrogens (tertiary/aromatic N) is 2. The van der Waals surface area contributed by atoms with Crippen LogP contribution in [0.15, 0.2) is 42.7 Å². The number of carbonyl (C=O) groups excluding carboxylic acids is 1. The van der Waals surface area contributed by atoms with Crippen LogP contribution in [0.1, 0.15) is 41.6 Å². The molecular weight excluding hydrogens is 392 g/mol. The van der Waals surface area contributed by atoms with Crippen LogP contribution >= 0.6 is 0 Å². The van der Waals surface area contributed by atoms with Gasteiger partial charge in [0.1, 0.15) is 12.1 Å². The van der Waals surface area contributed by atoms with E-state index >= 15 is 0 Å². The topological polar surface area (TPSA) is 85.4 Å². The number of anilines is 1. The van der Waals surface area contributed by atoms with Gasteiger partial charge in [-0.3, -0.25) is 4.79 Å². The summed E-state index contributed by atoms with van der Waals surface area (Å²) in [6, 6.07) is 11.9. The van der Waals surface area contributed by atoms with Crippen molar-refractivity contribution in [3.8, 4) is 11.5 Å². The van der Waals surface area contributed by atoms with Gasteiger partial charge in [-0.1, -0.05) is 17.7 Å². The van der Waals surface area contributed by atoms with Gasteiger partial charge in [0.05, 0.1) is 19.7 Å². The number of carbonyl (C=O) groups is 1. The maximum absolute atomic E-state index is 12.5. The maximum Gasteiger partial charge on any atom is 0.251 e. The molecule has 1 aliphatic rings. The van der Waals surface area contributed by atoms with E-state index in [-0.39, 0.29) is 11.9 Å². The van der Waals surface area contributed by atoms with Crippen molar-refractivity contribution in [2.45, 2.75) is 44.7 Å². The first-order valence-corrected chi connectivity index (χ1v) is 10.6. The fraction of sp³-hybridized carbons (Fsp3) is 0.375. The zero-order valence-corrected chi connectivity index (χ0v) is 18.1. The van der Waals surface area contributed by atoms with Gasteiger partial charge in [0.15, 0.2) is 11.5 Å². The molecule has 7 heteroatoms. The summed E-state index contributed by atoms with van der Waals surface area (Å²) in [5, 5.41) is 7.64. The number of fused-ring (bicyclic) bond motifs is 1. The maximum atomic E-state index is 12.5. The van der Waals surface area contributed by atoms with Crippen LogP contribution < -0.4 is 20.1 Å². The minimum absolute atomic E-state index is 0.000698. The minimum Gasteiger partial charge on any atom is -0.493 e. The van der Waals surface area contributed by atoms with E-state index in [4.69, 9.17) is 9.47 Å². The fourth-order valence-corrected chi connectivity index (χ4v) is 4.05. The highest BCUT2D eigenvalue weighted by Gasteiger charge is 2.24. The van der Waals surface area contributed by atoms with Gasteiger partial charge in [-0.05, 0) is 50.8 Å². The summed E-state index contributed by atoms with van der Waals surface area (Å²) >= 11 is 0. The molecule has 0 saturated heterocycles. The minimum atomic E-state index is -0.000698. The van der Waals surface area contributed by atoms with Crippen molar-refractivity contribution in [2.75, 3.05) is 19.5 Å². The van der Waals surface area contributed by atoms with E-state index in [2.05, 4.69) is 20.6 Å². The highest BCUT2D eigenvalue weighted by molar-refractivity contribution is 5.94. The Morgan fingerprint density at radius 2 is 1.58 bits per heavy atom. The van der Waals surface area contributed by atoms with Gasteiger partial charge in [0.25, 0.3) is 5.91 Å². The Morgan fingerprint density at radius 1 is 0.935 bits per heavy atom. The van der Waals surface area contributed by atoms with Gasteiger partial charge in [0, 0.05) is 29.1 Å². The van der Waals surface area contributed by atoms with Crippen molar-refractivity contribution in [2.24, 2.45) is 0 Å². The molecule has 0 radical (unpaired) electrons. The van der Waals surface area contributed by atoms with E-state index < -0.39 is 0 Å². The Labute approximate surface area is 182 Å². The molecule has 4 rings (SSSR count). The third-order valence-corrected chi connectivity index (χ3v) is 5.86. The summed E-state index contributed by atoms with van der Waals surface area (Å²) in [5.74, 6) is 2.08. The second-order valence-corrected chi connectivity index (χ2v) is 7.98. The predicted molar refractivity (Wildman–Crippen MR) is 121 cm³/mol. The molecule has 2 aromatic carbocycles. The molecule has 1 amide bonds. The SMILES string of the molecule is COc1cc2ncnc(NC3CCC(NC(=O)c4ccc(C)cc4)CC3)c2cc1OC. The largest absolute Gasteiger partial charge is 0.493 e. The lowest BCUT2D eigenvalue weighted by Crippen LogP contribution is -2.40. The average Bonchev–Trinajstić information content (AvgIpc) is 2.80. The predicted octanol–water partition coefficient (Wildman–Crippen LogP) is 4.11. The highest BCUT2D eigenvalue weighted by atomic mass is 16.5. The summed E-state index contributed by atoms with van der Waals surface area (Å²) in [7, 11) is 3.23. The van der Waals surface area contributed by atoms with Crippen LogP contribution in [0.4, 0.5) is 5.82 Å². The fourth-order valence-electron chi connectivity index (χ4n) is 4.05. The Bertz CT molecular complexity index is 1060. The van der Waals surface area contributed by atoms with Gasteiger partial charge in [-0.2, -0.15) is 0 Å². The molecule has 2 N–H and O–H groups in total. The van der Waals surface area contributed by atoms with Gasteiger partial charge in [0.2, 0.25) is 0 Å². The normalized spacial score (nSPS) is 18.4. The van der Waals surface area contributed by atoms with Crippen molar-refractivity contribution >= 4 is 22.6 Å². The molecule has 3 aromatic rings. The summed E-state index contributed by atoms with van der Waals surface area (Å²) in [6.45, 7) is 2.02. The van der Waals surface area contributed by atoms with Crippen molar-refractivity contribution in [3.63, 3.8) is 0 Å². The summed E-state index contributed by atoms with van der Waals surface area (Å²) in [5.41, 5.74) is 2.66. The first-order valence-electron chi connectivity index (χ1n) is 10.6. The van der Waals surface area contributed by atoms with E-state index in [9.17, 15) is 4.79 Å². The van der Waals surface area contributed by atoms with E-state index in [1.165, 1.54) is 0 Å². The molecule has 0 atom stereocenters. The zero-order chi connectivity index (χ0) is 21.8. The smallest absolute Gasteiger partial charge is 0.251 e. The number of hydrogen-bond donors (Lipinski definition) is 2. The van der Waals surface area contributed by atoms with Crippen LogP contribution in [0.5, 0.6) is 11.5 Å². The molecule has 7 nitrogen and oxygen atoms in total. The first-order chi connectivity index (χ1) is 15.1. The molecule has 1 aliphatic carbocycles. The number of rotatable bonds is 6. The van der Waals surface area contributed by atoms with Crippen LogP contribution in [0, 0.1) is 6.92 Å². The number of aryl methyl sites for hydroxylation is 1. The summed E-state index contributed by atoms with van der Waals surface area (Å²) < 4.78 is 10.8. The van der Waals surface area contributed by atoms with Gasteiger partial charge in [-0.15, -0.1) is 0 Å². The lowest BCUT2D eigenvalue weighted by molar-refractivity contribution is 0.0926. The monoisotopic (exact) mass is 420 g/mol. The quantitative estimate of drug-likeness (QED) is 0.624. The molecular formula is C24H28N4O3. The number of benzene rings is 2. The van der Waals surface area contributed by atoms with Crippen molar-refractivity contribution in [1.29, 1.82) is 0 Å². The van der Waals surface area contributed by atoms with Crippen LogP contribution in [0.3, 0.4) is 0 Å². The molecule has 0 unspecified atom stereocenters. The third kappa shape index (κ3) is 4.71. The standard InChI is InChI=1S/C24H28N4O3/c1-15-4-6-16(7-5-15)24(29)28-18-10-8-17(9-11-18)27-23-19-12-21(30-2)22(31-3)13-20(19)25-14-26-23/h4-7,12-14,17-18H,8-11H2,1-3H3,(H,28,29)(H,25,26,27). The van der Waals surface area contributed by atoms with E-state index in [1.807, 2.05) is 43.3 Å². The Balaban J connectivity index is 1.39. The first kappa shape index (κ1) is 20.9. The Hall–Kier alpha value is -3.35. The number of aromatic nitrogens is 2. The lowest BCUT2D eigenvalue weighted by Gasteiger charge is -2.30. The third-order valence-electron chi connectivity index (χ3n) is 5.86. The van der Waals surface area contributed by atoms with Crippen molar-refractivity contribution in [3.05, 3.63) is 53.9 Å². The Kier molecular flexibility index (Phi) is 6.21. The lowest BCUT2D eigenvalue weighted by atomic mass is 9.91. The van der Waals surface area contributed by atoms with Gasteiger partial charge < -0.3 is 20.1 Å². The van der Waals surface area contributed by atoms with E-state index in [1.54, 1.807) is 20.5 Å². The van der Waals surface area contributed by atoms with E-state index in [0.717, 1.165) is 48.0 Å². The van der Waals surface area contributed by atoms with Gasteiger partial charge in [-0.25, -0.2) is 9.97 Å².